The molecule has 0 aliphatic heterocycles. The summed E-state index contributed by atoms with van der Waals surface area (Å²) in [4.78, 5) is 11.4. The largest absolute Gasteiger partial charge is 0.431 e. The molecule has 0 aromatic carbocycles. The standard InChI is InChI=1S/C24H34O5/c1-21-9-5-16(25)13-23(21,27)11-7-19-18(21)6-10-22(2)17(8-12-24(19,22)28)15-3-4-20(26)29-14-15/h3-4,14,16-19,25,27-28H,5-13H2,1-2H3/t16-,17+,18?,19?,21+,22+,23-,24-/m0/s1. The van der Waals surface area contributed by atoms with Crippen molar-refractivity contribution >= 4 is 0 Å². The summed E-state index contributed by atoms with van der Waals surface area (Å²) in [7, 11) is 0. The van der Waals surface area contributed by atoms with Gasteiger partial charge in [0.05, 0.1) is 23.6 Å². The van der Waals surface area contributed by atoms with E-state index in [0.717, 1.165) is 50.5 Å². The van der Waals surface area contributed by atoms with Crippen LogP contribution in [0.4, 0.5) is 0 Å². The first-order valence-electron chi connectivity index (χ1n) is 11.3. The monoisotopic (exact) mass is 402 g/mol. The lowest BCUT2D eigenvalue weighted by molar-refractivity contribution is -0.253. The van der Waals surface area contributed by atoms with Crippen molar-refractivity contribution < 1.29 is 19.7 Å². The van der Waals surface area contributed by atoms with Crippen LogP contribution in [-0.4, -0.2) is 32.6 Å². The summed E-state index contributed by atoms with van der Waals surface area (Å²) in [6.07, 6.45) is 8.22. The number of rotatable bonds is 1. The Morgan fingerprint density at radius 3 is 2.38 bits per heavy atom. The molecular weight excluding hydrogens is 368 g/mol. The van der Waals surface area contributed by atoms with Crippen LogP contribution in [0.5, 0.6) is 0 Å². The molecule has 5 rings (SSSR count). The van der Waals surface area contributed by atoms with Crippen molar-refractivity contribution in [2.45, 2.75) is 94.9 Å². The average molecular weight is 403 g/mol. The average Bonchev–Trinajstić information content (AvgIpc) is 2.95. The van der Waals surface area contributed by atoms with E-state index < -0.39 is 17.3 Å². The van der Waals surface area contributed by atoms with E-state index in [1.54, 1.807) is 6.26 Å². The maximum absolute atomic E-state index is 12.2. The van der Waals surface area contributed by atoms with Crippen LogP contribution < -0.4 is 5.63 Å². The lowest BCUT2D eigenvalue weighted by atomic mass is 9.42. The Labute approximate surface area is 172 Å². The Morgan fingerprint density at radius 2 is 1.66 bits per heavy atom. The SMILES string of the molecule is C[C@]12CC[C@H](O)C[C@@]1(O)CCC1C2CC[C@]2(C)[C@@H](c3ccc(=O)oc3)CC[C@]12O. The Bertz CT molecular complexity index is 845. The Balaban J connectivity index is 1.50. The molecule has 1 aromatic rings. The summed E-state index contributed by atoms with van der Waals surface area (Å²) in [6, 6.07) is 3.35. The van der Waals surface area contributed by atoms with E-state index >= 15 is 0 Å². The number of fused-ring (bicyclic) bond motifs is 5. The zero-order valence-corrected chi connectivity index (χ0v) is 17.6. The van der Waals surface area contributed by atoms with Crippen LogP contribution in [0.25, 0.3) is 0 Å². The molecule has 29 heavy (non-hydrogen) atoms. The van der Waals surface area contributed by atoms with Gasteiger partial charge >= 0.3 is 5.63 Å². The Hall–Kier alpha value is -1.17. The second-order valence-electron chi connectivity index (χ2n) is 11.0. The highest BCUT2D eigenvalue weighted by molar-refractivity contribution is 5.27. The van der Waals surface area contributed by atoms with Gasteiger partial charge in [-0.15, -0.1) is 0 Å². The van der Waals surface area contributed by atoms with Crippen LogP contribution in [0.2, 0.25) is 0 Å². The van der Waals surface area contributed by atoms with Gasteiger partial charge in [-0.05, 0) is 86.2 Å². The smallest absolute Gasteiger partial charge is 0.335 e. The number of aliphatic hydroxyl groups excluding tert-OH is 1. The van der Waals surface area contributed by atoms with Crippen LogP contribution in [-0.2, 0) is 0 Å². The predicted octanol–water partition coefficient (Wildman–Crippen LogP) is 3.36. The van der Waals surface area contributed by atoms with Gasteiger partial charge in [-0.3, -0.25) is 0 Å². The maximum Gasteiger partial charge on any atom is 0.335 e. The van der Waals surface area contributed by atoms with E-state index in [1.807, 2.05) is 6.07 Å². The van der Waals surface area contributed by atoms with E-state index in [-0.39, 0.29) is 34.2 Å². The molecule has 0 radical (unpaired) electrons. The van der Waals surface area contributed by atoms with Gasteiger partial charge in [0.25, 0.3) is 0 Å². The molecule has 4 saturated carbocycles. The first-order chi connectivity index (χ1) is 13.6. The highest BCUT2D eigenvalue weighted by Crippen LogP contribution is 2.71. The molecule has 1 heterocycles. The highest BCUT2D eigenvalue weighted by Gasteiger charge is 2.69. The minimum atomic E-state index is -0.823. The summed E-state index contributed by atoms with van der Waals surface area (Å²) in [5.41, 5.74) is -1.41. The van der Waals surface area contributed by atoms with Gasteiger partial charge in [-0.1, -0.05) is 13.8 Å². The number of aliphatic hydroxyl groups is 3. The molecule has 0 bridgehead atoms. The minimum Gasteiger partial charge on any atom is -0.431 e. The maximum atomic E-state index is 12.2. The molecule has 4 fully saturated rings. The van der Waals surface area contributed by atoms with Gasteiger partial charge in [0.1, 0.15) is 0 Å². The molecule has 4 aliphatic rings. The lowest BCUT2D eigenvalue weighted by Crippen LogP contribution is -2.67. The summed E-state index contributed by atoms with van der Waals surface area (Å²) in [5, 5.41) is 33.9. The molecule has 2 unspecified atom stereocenters. The van der Waals surface area contributed by atoms with Crippen molar-refractivity contribution in [1.29, 1.82) is 0 Å². The zero-order chi connectivity index (χ0) is 20.7. The van der Waals surface area contributed by atoms with Crippen molar-refractivity contribution in [3.63, 3.8) is 0 Å². The number of hydrogen-bond donors (Lipinski definition) is 3. The fourth-order valence-electron chi connectivity index (χ4n) is 8.30. The van der Waals surface area contributed by atoms with Gasteiger partial charge < -0.3 is 19.7 Å². The summed E-state index contributed by atoms with van der Waals surface area (Å²) in [6.45, 7) is 4.43. The summed E-state index contributed by atoms with van der Waals surface area (Å²) in [5.74, 6) is 0.626. The zero-order valence-electron chi connectivity index (χ0n) is 17.6. The molecule has 0 amide bonds. The molecule has 5 heteroatoms. The van der Waals surface area contributed by atoms with Gasteiger partial charge in [-0.25, -0.2) is 4.79 Å². The topological polar surface area (TPSA) is 90.9 Å². The van der Waals surface area contributed by atoms with E-state index in [0.29, 0.717) is 12.8 Å². The van der Waals surface area contributed by atoms with Crippen LogP contribution in [0.15, 0.2) is 27.6 Å². The van der Waals surface area contributed by atoms with Crippen molar-refractivity contribution in [2.24, 2.45) is 22.7 Å². The molecule has 4 aliphatic carbocycles. The van der Waals surface area contributed by atoms with Crippen molar-refractivity contribution in [3.05, 3.63) is 34.4 Å². The predicted molar refractivity (Wildman–Crippen MR) is 108 cm³/mol. The molecule has 0 spiro atoms. The van der Waals surface area contributed by atoms with Crippen LogP contribution in [0, 0.1) is 22.7 Å². The molecule has 0 saturated heterocycles. The third-order valence-corrected chi connectivity index (χ3v) is 10.1. The molecule has 3 N–H and O–H groups in total. The fraction of sp³-hybridized carbons (Fsp3) is 0.792. The molecule has 160 valence electrons. The minimum absolute atomic E-state index is 0.169. The lowest BCUT2D eigenvalue weighted by Gasteiger charge is -2.66. The van der Waals surface area contributed by atoms with Crippen molar-refractivity contribution in [1.82, 2.24) is 0 Å². The second kappa shape index (κ2) is 6.18. The van der Waals surface area contributed by atoms with E-state index in [1.165, 1.54) is 6.07 Å². The highest BCUT2D eigenvalue weighted by atomic mass is 16.4. The van der Waals surface area contributed by atoms with Crippen molar-refractivity contribution in [3.8, 4) is 0 Å². The molecule has 1 aromatic heterocycles. The second-order valence-corrected chi connectivity index (χ2v) is 11.0. The Morgan fingerprint density at radius 1 is 0.931 bits per heavy atom. The number of hydrogen-bond acceptors (Lipinski definition) is 5. The third-order valence-electron chi connectivity index (χ3n) is 10.1. The first-order valence-corrected chi connectivity index (χ1v) is 11.3. The van der Waals surface area contributed by atoms with Gasteiger partial charge in [-0.2, -0.15) is 0 Å². The van der Waals surface area contributed by atoms with Gasteiger partial charge in [0.2, 0.25) is 0 Å². The van der Waals surface area contributed by atoms with Gasteiger partial charge in [0, 0.05) is 17.9 Å². The molecule has 5 nitrogen and oxygen atoms in total. The summed E-state index contributed by atoms with van der Waals surface area (Å²) >= 11 is 0. The molecular formula is C24H34O5. The normalized spacial score (nSPS) is 51.8. The van der Waals surface area contributed by atoms with E-state index in [2.05, 4.69) is 13.8 Å². The van der Waals surface area contributed by atoms with Crippen LogP contribution in [0.3, 0.4) is 0 Å². The van der Waals surface area contributed by atoms with Crippen LogP contribution in [0.1, 0.15) is 83.1 Å². The summed E-state index contributed by atoms with van der Waals surface area (Å²) < 4.78 is 5.15. The third kappa shape index (κ3) is 2.47. The van der Waals surface area contributed by atoms with Crippen molar-refractivity contribution in [2.75, 3.05) is 0 Å². The first kappa shape index (κ1) is 19.8. The Kier molecular flexibility index (Phi) is 4.21. The van der Waals surface area contributed by atoms with E-state index in [9.17, 15) is 20.1 Å². The fourth-order valence-corrected chi connectivity index (χ4v) is 8.30. The van der Waals surface area contributed by atoms with Crippen LogP contribution >= 0.6 is 0 Å². The van der Waals surface area contributed by atoms with Gasteiger partial charge in [0.15, 0.2) is 0 Å². The van der Waals surface area contributed by atoms with E-state index in [4.69, 9.17) is 4.42 Å². The molecule has 8 atom stereocenters. The quantitative estimate of drug-likeness (QED) is 0.670.